The van der Waals surface area contributed by atoms with Gasteiger partial charge in [0.25, 0.3) is 0 Å². The average molecular weight is 375 g/mol. The molecule has 0 amide bonds. The quantitative estimate of drug-likeness (QED) is 0.436. The van der Waals surface area contributed by atoms with E-state index in [9.17, 15) is 4.39 Å². The van der Waals surface area contributed by atoms with E-state index in [4.69, 9.17) is 0 Å². The highest BCUT2D eigenvalue weighted by Crippen LogP contribution is 2.33. The lowest BCUT2D eigenvalue weighted by atomic mass is 9.84. The maximum atomic E-state index is 13.2. The Morgan fingerprint density at radius 1 is 0.929 bits per heavy atom. The zero-order valence-corrected chi connectivity index (χ0v) is 16.7. The smallest absolute Gasteiger partial charge is 0.123 e. The Balaban J connectivity index is 1.53. The van der Waals surface area contributed by atoms with Crippen LogP contribution in [0.1, 0.15) is 60.5 Å². The monoisotopic (exact) mass is 374 g/mol. The summed E-state index contributed by atoms with van der Waals surface area (Å²) >= 11 is 0. The minimum absolute atomic E-state index is 0.218. The number of aryl methyl sites for hydroxylation is 1. The van der Waals surface area contributed by atoms with Crippen LogP contribution in [0.2, 0.25) is 0 Å². The maximum absolute atomic E-state index is 13.2. The van der Waals surface area contributed by atoms with Crippen LogP contribution in [0.15, 0.2) is 59.6 Å². The van der Waals surface area contributed by atoms with Crippen LogP contribution in [0, 0.1) is 19.7 Å². The van der Waals surface area contributed by atoms with Gasteiger partial charge < -0.3 is 4.57 Å². The van der Waals surface area contributed by atoms with Gasteiger partial charge in [0.15, 0.2) is 0 Å². The van der Waals surface area contributed by atoms with E-state index in [1.165, 1.54) is 49.8 Å². The third-order valence-electron chi connectivity index (χ3n) is 5.88. The molecule has 1 aliphatic rings. The van der Waals surface area contributed by atoms with Crippen molar-refractivity contribution in [1.82, 2.24) is 4.57 Å². The van der Waals surface area contributed by atoms with Gasteiger partial charge in [0.2, 0.25) is 0 Å². The molecule has 1 aliphatic carbocycles. The minimum Gasteiger partial charge on any atom is -0.318 e. The summed E-state index contributed by atoms with van der Waals surface area (Å²) < 4.78 is 15.4. The van der Waals surface area contributed by atoms with Crippen LogP contribution in [0.3, 0.4) is 0 Å². The molecule has 1 fully saturated rings. The maximum Gasteiger partial charge on any atom is 0.123 e. The first-order chi connectivity index (χ1) is 13.6. The van der Waals surface area contributed by atoms with Gasteiger partial charge in [0, 0.05) is 28.9 Å². The summed E-state index contributed by atoms with van der Waals surface area (Å²) in [6.07, 6.45) is 8.66. The van der Waals surface area contributed by atoms with Gasteiger partial charge in [-0.3, -0.25) is 4.99 Å². The Labute approximate surface area is 166 Å². The second kappa shape index (κ2) is 8.14. The molecule has 1 saturated carbocycles. The van der Waals surface area contributed by atoms with Crippen molar-refractivity contribution in [3.05, 3.63) is 82.9 Å². The molecule has 0 spiro atoms. The zero-order valence-electron chi connectivity index (χ0n) is 16.7. The van der Waals surface area contributed by atoms with E-state index in [0.717, 1.165) is 34.2 Å². The highest BCUT2D eigenvalue weighted by molar-refractivity contribution is 5.84. The topological polar surface area (TPSA) is 17.3 Å². The summed E-state index contributed by atoms with van der Waals surface area (Å²) in [7, 11) is 0. The van der Waals surface area contributed by atoms with Gasteiger partial charge in [-0.15, -0.1) is 0 Å². The molecule has 2 nitrogen and oxygen atoms in total. The fourth-order valence-corrected chi connectivity index (χ4v) is 4.32. The van der Waals surface area contributed by atoms with E-state index in [-0.39, 0.29) is 5.82 Å². The summed E-state index contributed by atoms with van der Waals surface area (Å²) in [5, 5.41) is 0. The van der Waals surface area contributed by atoms with E-state index in [1.54, 1.807) is 12.1 Å². The predicted molar refractivity (Wildman–Crippen MR) is 115 cm³/mol. The molecular formula is C25H27FN2. The molecule has 3 heteroatoms. The molecule has 0 saturated heterocycles. The van der Waals surface area contributed by atoms with E-state index in [0.29, 0.717) is 0 Å². The number of hydrogen-bond donors (Lipinski definition) is 0. The van der Waals surface area contributed by atoms with Crippen LogP contribution in [-0.4, -0.2) is 10.8 Å². The first kappa shape index (κ1) is 18.7. The number of rotatable bonds is 4. The molecule has 144 valence electrons. The number of aliphatic imine (C=N–C) groups is 1. The summed E-state index contributed by atoms with van der Waals surface area (Å²) in [5.74, 6) is 0.506. The van der Waals surface area contributed by atoms with Crippen LogP contribution in [0.5, 0.6) is 0 Å². The molecule has 2 aromatic carbocycles. The molecule has 3 aromatic rings. The fraction of sp³-hybridized carbons (Fsp3) is 0.320. The largest absolute Gasteiger partial charge is 0.318 e. The minimum atomic E-state index is -0.218. The van der Waals surface area contributed by atoms with Crippen molar-refractivity contribution in [1.29, 1.82) is 0 Å². The standard InChI is InChI=1S/C25H27FN2/c1-18-16-22(19(2)28(18)25-14-10-23(26)11-15-25)17-27-24-12-8-21(9-13-24)20-6-4-3-5-7-20/h8-17,20H,3-7H2,1-2H3. The normalized spacial score (nSPS) is 15.4. The molecule has 0 radical (unpaired) electrons. The SMILES string of the molecule is Cc1cc(C=Nc2ccc(C3CCCCC3)cc2)c(C)n1-c1ccc(F)cc1. The summed E-state index contributed by atoms with van der Waals surface area (Å²) in [6.45, 7) is 4.14. The molecule has 0 bridgehead atoms. The molecular weight excluding hydrogens is 347 g/mol. The van der Waals surface area contributed by atoms with Crippen molar-refractivity contribution >= 4 is 11.9 Å². The fourth-order valence-electron chi connectivity index (χ4n) is 4.32. The molecule has 0 N–H and O–H groups in total. The highest BCUT2D eigenvalue weighted by atomic mass is 19.1. The van der Waals surface area contributed by atoms with Gasteiger partial charge in [0.05, 0.1) is 5.69 Å². The number of hydrogen-bond acceptors (Lipinski definition) is 1. The third-order valence-corrected chi connectivity index (χ3v) is 5.88. The van der Waals surface area contributed by atoms with Gasteiger partial charge in [-0.2, -0.15) is 0 Å². The molecule has 28 heavy (non-hydrogen) atoms. The van der Waals surface area contributed by atoms with E-state index >= 15 is 0 Å². The molecule has 1 heterocycles. The Hall–Kier alpha value is -2.68. The van der Waals surface area contributed by atoms with Crippen molar-refractivity contribution in [2.24, 2.45) is 4.99 Å². The molecule has 0 atom stereocenters. The Morgan fingerprint density at radius 3 is 2.29 bits per heavy atom. The summed E-state index contributed by atoms with van der Waals surface area (Å²) in [5.41, 5.74) is 6.69. The highest BCUT2D eigenvalue weighted by Gasteiger charge is 2.15. The van der Waals surface area contributed by atoms with Gasteiger partial charge in [0.1, 0.15) is 5.82 Å². The lowest BCUT2D eigenvalue weighted by molar-refractivity contribution is 0.443. The number of halogens is 1. The molecule has 1 aromatic heterocycles. The van der Waals surface area contributed by atoms with Crippen LogP contribution in [0.25, 0.3) is 5.69 Å². The number of nitrogens with zero attached hydrogens (tertiary/aromatic N) is 2. The van der Waals surface area contributed by atoms with Gasteiger partial charge in [-0.1, -0.05) is 31.4 Å². The molecule has 0 unspecified atom stereocenters. The van der Waals surface area contributed by atoms with E-state index in [1.807, 2.05) is 6.21 Å². The van der Waals surface area contributed by atoms with E-state index < -0.39 is 0 Å². The predicted octanol–water partition coefficient (Wildman–Crippen LogP) is 7.03. The van der Waals surface area contributed by atoms with Crippen molar-refractivity contribution in [3.8, 4) is 5.69 Å². The zero-order chi connectivity index (χ0) is 19.5. The summed E-state index contributed by atoms with van der Waals surface area (Å²) in [4.78, 5) is 4.69. The van der Waals surface area contributed by atoms with E-state index in [2.05, 4.69) is 53.7 Å². The van der Waals surface area contributed by atoms with Gasteiger partial charge in [-0.25, -0.2) is 4.39 Å². The van der Waals surface area contributed by atoms with Crippen molar-refractivity contribution in [3.63, 3.8) is 0 Å². The first-order valence-corrected chi connectivity index (χ1v) is 10.2. The Kier molecular flexibility index (Phi) is 5.43. The van der Waals surface area contributed by atoms with Crippen molar-refractivity contribution in [2.75, 3.05) is 0 Å². The van der Waals surface area contributed by atoms with Crippen LogP contribution in [0.4, 0.5) is 10.1 Å². The second-order valence-electron chi connectivity index (χ2n) is 7.82. The Morgan fingerprint density at radius 2 is 1.61 bits per heavy atom. The first-order valence-electron chi connectivity index (χ1n) is 10.2. The number of benzene rings is 2. The molecule has 0 aliphatic heterocycles. The lowest BCUT2D eigenvalue weighted by Crippen LogP contribution is -2.03. The second-order valence-corrected chi connectivity index (χ2v) is 7.82. The third kappa shape index (κ3) is 3.94. The Bertz CT molecular complexity index is 959. The van der Waals surface area contributed by atoms with Crippen molar-refractivity contribution < 1.29 is 4.39 Å². The van der Waals surface area contributed by atoms with Crippen molar-refractivity contribution in [2.45, 2.75) is 51.9 Å². The average Bonchev–Trinajstić information content (AvgIpc) is 3.01. The summed E-state index contributed by atoms with van der Waals surface area (Å²) in [6, 6.07) is 17.5. The lowest BCUT2D eigenvalue weighted by Gasteiger charge is -2.21. The van der Waals surface area contributed by atoms with Gasteiger partial charge >= 0.3 is 0 Å². The van der Waals surface area contributed by atoms with Crippen LogP contribution in [-0.2, 0) is 0 Å². The van der Waals surface area contributed by atoms with Crippen LogP contribution >= 0.6 is 0 Å². The van der Waals surface area contributed by atoms with Gasteiger partial charge in [-0.05, 0) is 80.6 Å². The number of aromatic nitrogens is 1. The van der Waals surface area contributed by atoms with Crippen LogP contribution < -0.4 is 0 Å². The molecule has 4 rings (SSSR count).